The molecule has 1 N–H and O–H groups in total. The average molecular weight is 312 g/mol. The minimum atomic E-state index is -0.330. The predicted molar refractivity (Wildman–Crippen MR) is 86.8 cm³/mol. The first kappa shape index (κ1) is 15.3. The van der Waals surface area contributed by atoms with Gasteiger partial charge in [0.25, 0.3) is 0 Å². The number of esters is 1. The number of aromatic nitrogens is 3. The Labute approximate surface area is 135 Å². The largest absolute Gasteiger partial charge is 0.462 e. The van der Waals surface area contributed by atoms with Gasteiger partial charge in [-0.2, -0.15) is 10.1 Å². The molecule has 2 heterocycles. The molecule has 0 saturated carbocycles. The third-order valence-corrected chi connectivity index (χ3v) is 3.86. The van der Waals surface area contributed by atoms with Gasteiger partial charge in [0.15, 0.2) is 0 Å². The van der Waals surface area contributed by atoms with Crippen LogP contribution in [-0.4, -0.2) is 27.3 Å². The van der Waals surface area contributed by atoms with Crippen molar-refractivity contribution in [2.24, 2.45) is 0 Å². The van der Waals surface area contributed by atoms with Crippen LogP contribution in [0, 0.1) is 0 Å². The van der Waals surface area contributed by atoms with E-state index in [1.807, 2.05) is 37.3 Å². The van der Waals surface area contributed by atoms with E-state index in [4.69, 9.17) is 4.74 Å². The average Bonchev–Trinajstić information content (AvgIpc) is 3.02. The Balaban J connectivity index is 1.99. The quantitative estimate of drug-likeness (QED) is 0.679. The number of rotatable bonds is 5. The van der Waals surface area contributed by atoms with Crippen LogP contribution < -0.4 is 5.32 Å². The van der Waals surface area contributed by atoms with Crippen molar-refractivity contribution in [3.63, 3.8) is 0 Å². The van der Waals surface area contributed by atoms with Crippen LogP contribution in [0.4, 0.5) is 5.95 Å². The van der Waals surface area contributed by atoms with Gasteiger partial charge in [-0.25, -0.2) is 9.48 Å². The first-order chi connectivity index (χ1) is 11.2. The van der Waals surface area contributed by atoms with E-state index in [9.17, 15) is 4.79 Å². The van der Waals surface area contributed by atoms with Gasteiger partial charge in [0.05, 0.1) is 12.2 Å². The Hall–Kier alpha value is -2.63. The van der Waals surface area contributed by atoms with E-state index in [1.54, 1.807) is 4.68 Å². The lowest BCUT2D eigenvalue weighted by atomic mass is 9.96. The molecule has 6 nitrogen and oxygen atoms in total. The highest BCUT2D eigenvalue weighted by atomic mass is 16.5. The highest BCUT2D eigenvalue weighted by Crippen LogP contribution is 2.34. The Morgan fingerprint density at radius 1 is 1.35 bits per heavy atom. The number of nitrogens with zero attached hydrogens (tertiary/aromatic N) is 3. The van der Waals surface area contributed by atoms with Crippen molar-refractivity contribution >= 4 is 11.9 Å². The minimum Gasteiger partial charge on any atom is -0.462 e. The summed E-state index contributed by atoms with van der Waals surface area (Å²) in [6.07, 6.45) is 3.33. The Bertz CT molecular complexity index is 721. The third-order valence-electron chi connectivity index (χ3n) is 3.86. The van der Waals surface area contributed by atoms with Crippen LogP contribution in [-0.2, 0) is 9.53 Å². The van der Waals surface area contributed by atoms with Crippen LogP contribution in [0.15, 0.2) is 47.9 Å². The highest BCUT2D eigenvalue weighted by molar-refractivity contribution is 5.92. The fraction of sp³-hybridized carbons (Fsp3) is 0.353. The molecule has 1 atom stereocenters. The summed E-state index contributed by atoms with van der Waals surface area (Å²) in [6, 6.07) is 9.47. The van der Waals surface area contributed by atoms with Crippen molar-refractivity contribution in [1.29, 1.82) is 0 Å². The van der Waals surface area contributed by atoms with Gasteiger partial charge in [-0.05, 0) is 18.9 Å². The molecule has 0 radical (unpaired) electrons. The first-order valence-electron chi connectivity index (χ1n) is 7.81. The highest BCUT2D eigenvalue weighted by Gasteiger charge is 2.34. The summed E-state index contributed by atoms with van der Waals surface area (Å²) in [7, 11) is 0. The molecule has 0 amide bonds. The molecule has 120 valence electrons. The lowest BCUT2D eigenvalue weighted by Crippen LogP contribution is -2.29. The smallest absolute Gasteiger partial charge is 0.338 e. The van der Waals surface area contributed by atoms with Gasteiger partial charge in [-0.3, -0.25) is 0 Å². The van der Waals surface area contributed by atoms with Crippen LogP contribution in [0.2, 0.25) is 0 Å². The SMILES string of the molecule is CCCCOC(=O)C1=C(C)Nc2ncnn2[C@H]1c1ccccc1. The standard InChI is InChI=1S/C17H20N4O2/c1-3-4-10-23-16(22)14-12(2)20-17-18-11-19-21(17)15(14)13-8-6-5-7-9-13/h5-9,11,15H,3-4,10H2,1-2H3,(H,18,19,20)/t15-/m0/s1. The number of ether oxygens (including phenoxy) is 1. The van der Waals surface area contributed by atoms with Gasteiger partial charge < -0.3 is 10.1 Å². The first-order valence-corrected chi connectivity index (χ1v) is 7.81. The molecule has 1 aromatic heterocycles. The Morgan fingerprint density at radius 3 is 2.87 bits per heavy atom. The second-order valence-corrected chi connectivity index (χ2v) is 5.49. The van der Waals surface area contributed by atoms with Crippen molar-refractivity contribution in [3.8, 4) is 0 Å². The zero-order valence-electron chi connectivity index (χ0n) is 13.3. The number of anilines is 1. The number of unbranched alkanes of at least 4 members (excludes halogenated alkanes) is 1. The number of nitrogens with one attached hydrogen (secondary N) is 1. The lowest BCUT2D eigenvalue weighted by molar-refractivity contribution is -0.139. The van der Waals surface area contributed by atoms with E-state index in [0.29, 0.717) is 18.1 Å². The second-order valence-electron chi connectivity index (χ2n) is 5.49. The van der Waals surface area contributed by atoms with Gasteiger partial charge in [0.1, 0.15) is 12.4 Å². The fourth-order valence-corrected chi connectivity index (χ4v) is 2.69. The van der Waals surface area contributed by atoms with Gasteiger partial charge in [0, 0.05) is 5.70 Å². The maximum Gasteiger partial charge on any atom is 0.338 e. The third kappa shape index (κ3) is 2.97. The van der Waals surface area contributed by atoms with Crippen LogP contribution >= 0.6 is 0 Å². The molecule has 6 heteroatoms. The van der Waals surface area contributed by atoms with Gasteiger partial charge in [-0.1, -0.05) is 43.7 Å². The number of hydrogen-bond acceptors (Lipinski definition) is 5. The normalized spacial score (nSPS) is 16.7. The molecule has 1 aliphatic heterocycles. The molecular formula is C17H20N4O2. The molecule has 1 aliphatic rings. The maximum absolute atomic E-state index is 12.6. The van der Waals surface area contributed by atoms with Crippen molar-refractivity contribution in [2.45, 2.75) is 32.7 Å². The second kappa shape index (κ2) is 6.64. The van der Waals surface area contributed by atoms with E-state index in [-0.39, 0.29) is 12.0 Å². The monoisotopic (exact) mass is 312 g/mol. The van der Waals surface area contributed by atoms with Gasteiger partial charge in [0.2, 0.25) is 5.95 Å². The molecule has 0 unspecified atom stereocenters. The van der Waals surface area contributed by atoms with E-state index in [1.165, 1.54) is 6.33 Å². The summed E-state index contributed by atoms with van der Waals surface area (Å²) in [5, 5.41) is 7.41. The zero-order chi connectivity index (χ0) is 16.2. The number of carbonyl (C=O) groups is 1. The maximum atomic E-state index is 12.6. The fourth-order valence-electron chi connectivity index (χ4n) is 2.69. The van der Waals surface area contributed by atoms with E-state index in [0.717, 1.165) is 24.1 Å². The lowest BCUT2D eigenvalue weighted by Gasteiger charge is -2.28. The van der Waals surface area contributed by atoms with Gasteiger partial charge in [-0.15, -0.1) is 0 Å². The molecule has 0 fully saturated rings. The summed E-state index contributed by atoms with van der Waals surface area (Å²) >= 11 is 0. The number of hydrogen-bond donors (Lipinski definition) is 1. The molecule has 0 saturated heterocycles. The van der Waals surface area contributed by atoms with Gasteiger partial charge >= 0.3 is 5.97 Å². The molecule has 1 aromatic carbocycles. The number of benzene rings is 1. The van der Waals surface area contributed by atoms with Crippen LogP contribution in [0.25, 0.3) is 0 Å². The van der Waals surface area contributed by atoms with Crippen molar-refractivity contribution in [2.75, 3.05) is 11.9 Å². The molecule has 23 heavy (non-hydrogen) atoms. The molecule has 2 aromatic rings. The number of allylic oxidation sites excluding steroid dienone is 1. The van der Waals surface area contributed by atoms with Crippen LogP contribution in [0.5, 0.6) is 0 Å². The summed E-state index contributed by atoms with van der Waals surface area (Å²) in [5.41, 5.74) is 2.30. The van der Waals surface area contributed by atoms with Crippen molar-refractivity contribution in [1.82, 2.24) is 14.8 Å². The Morgan fingerprint density at radius 2 is 2.13 bits per heavy atom. The number of fused-ring (bicyclic) bond motifs is 1. The van der Waals surface area contributed by atoms with Crippen molar-refractivity contribution in [3.05, 3.63) is 53.5 Å². The van der Waals surface area contributed by atoms with E-state index < -0.39 is 0 Å². The molecule has 0 bridgehead atoms. The van der Waals surface area contributed by atoms with E-state index in [2.05, 4.69) is 22.3 Å². The summed E-state index contributed by atoms with van der Waals surface area (Å²) < 4.78 is 7.16. The topological polar surface area (TPSA) is 69.0 Å². The van der Waals surface area contributed by atoms with E-state index >= 15 is 0 Å². The molecular weight excluding hydrogens is 292 g/mol. The summed E-state index contributed by atoms with van der Waals surface area (Å²) in [6.45, 7) is 4.36. The molecule has 3 rings (SSSR count). The Kier molecular flexibility index (Phi) is 4.41. The van der Waals surface area contributed by atoms with Crippen molar-refractivity contribution < 1.29 is 9.53 Å². The summed E-state index contributed by atoms with van der Waals surface area (Å²) in [4.78, 5) is 16.8. The van der Waals surface area contributed by atoms with Crippen LogP contribution in [0.3, 0.4) is 0 Å². The van der Waals surface area contributed by atoms with Crippen LogP contribution in [0.1, 0.15) is 38.3 Å². The minimum absolute atomic E-state index is 0.307. The predicted octanol–water partition coefficient (Wildman–Crippen LogP) is 2.91. The molecule has 0 spiro atoms. The summed E-state index contributed by atoms with van der Waals surface area (Å²) in [5.74, 6) is 0.319. The number of carbonyl (C=O) groups excluding carboxylic acids is 1. The molecule has 0 aliphatic carbocycles. The zero-order valence-corrected chi connectivity index (χ0v) is 13.3.